The molecule has 128 valence electrons. The molecule has 7 nitrogen and oxygen atoms in total. The van der Waals surface area contributed by atoms with Gasteiger partial charge in [0.1, 0.15) is 0 Å². The Kier molecular flexibility index (Phi) is 5.42. The summed E-state index contributed by atoms with van der Waals surface area (Å²) < 4.78 is 11.1. The van der Waals surface area contributed by atoms with Gasteiger partial charge in [-0.05, 0) is 25.7 Å². The number of rotatable bonds is 6. The third-order valence-electron chi connectivity index (χ3n) is 4.78. The maximum Gasteiger partial charge on any atom is 0.232 e. The molecule has 3 rings (SSSR count). The second-order valence-corrected chi connectivity index (χ2v) is 6.64. The molecule has 1 saturated heterocycles. The largest absolute Gasteiger partial charge is 0.476 e. The molecule has 0 radical (unpaired) electrons. The number of aromatic nitrogens is 2. The van der Waals surface area contributed by atoms with Crippen LogP contribution in [0.4, 0.5) is 0 Å². The summed E-state index contributed by atoms with van der Waals surface area (Å²) in [6, 6.07) is 0.423. The molecule has 2 fully saturated rings. The van der Waals surface area contributed by atoms with E-state index in [0.29, 0.717) is 37.9 Å². The summed E-state index contributed by atoms with van der Waals surface area (Å²) in [6.45, 7) is 2.67. The van der Waals surface area contributed by atoms with Crippen molar-refractivity contribution in [2.75, 3.05) is 26.4 Å². The highest BCUT2D eigenvalue weighted by Crippen LogP contribution is 2.38. The van der Waals surface area contributed by atoms with E-state index in [-0.39, 0.29) is 5.41 Å². The molecule has 2 atom stereocenters. The number of nitrogens with one attached hydrogen (secondary N) is 1. The van der Waals surface area contributed by atoms with Gasteiger partial charge in [-0.3, -0.25) is 4.98 Å². The predicted octanol–water partition coefficient (Wildman–Crippen LogP) is 0.126. The van der Waals surface area contributed by atoms with E-state index in [2.05, 4.69) is 15.3 Å². The van der Waals surface area contributed by atoms with Crippen LogP contribution in [0.3, 0.4) is 0 Å². The molecule has 7 heteroatoms. The van der Waals surface area contributed by atoms with Crippen LogP contribution in [0.1, 0.15) is 25.7 Å². The summed E-state index contributed by atoms with van der Waals surface area (Å²) in [4.78, 5) is 8.10. The Bertz CT molecular complexity index is 471. The van der Waals surface area contributed by atoms with Gasteiger partial charge in [-0.25, -0.2) is 4.98 Å². The summed E-state index contributed by atoms with van der Waals surface area (Å²) in [5.41, 5.74) is -0.297. The Balaban J connectivity index is 1.60. The Morgan fingerprint density at radius 3 is 2.61 bits per heavy atom. The van der Waals surface area contributed by atoms with E-state index in [0.717, 1.165) is 26.1 Å². The SMILES string of the molecule is OC1CC(CNC2CCOCC2)(COc2cnccn2)CC1O. The first-order valence-corrected chi connectivity index (χ1v) is 8.23. The van der Waals surface area contributed by atoms with Crippen LogP contribution < -0.4 is 10.1 Å². The molecule has 23 heavy (non-hydrogen) atoms. The van der Waals surface area contributed by atoms with E-state index in [1.165, 1.54) is 0 Å². The highest BCUT2D eigenvalue weighted by atomic mass is 16.5. The Morgan fingerprint density at radius 2 is 1.96 bits per heavy atom. The molecule has 0 bridgehead atoms. The van der Waals surface area contributed by atoms with Gasteiger partial charge in [0.2, 0.25) is 5.88 Å². The van der Waals surface area contributed by atoms with Crippen LogP contribution in [0.2, 0.25) is 0 Å². The van der Waals surface area contributed by atoms with Crippen molar-refractivity contribution in [1.29, 1.82) is 0 Å². The van der Waals surface area contributed by atoms with Crippen LogP contribution in [0.15, 0.2) is 18.6 Å². The Morgan fingerprint density at radius 1 is 1.22 bits per heavy atom. The average molecular weight is 323 g/mol. The number of hydrogen-bond acceptors (Lipinski definition) is 7. The first-order chi connectivity index (χ1) is 11.2. The lowest BCUT2D eigenvalue weighted by Gasteiger charge is -2.32. The average Bonchev–Trinajstić information content (AvgIpc) is 2.88. The van der Waals surface area contributed by atoms with Crippen LogP contribution in [0.5, 0.6) is 5.88 Å². The summed E-state index contributed by atoms with van der Waals surface area (Å²) in [5, 5.41) is 23.5. The molecule has 1 aromatic rings. The topological polar surface area (TPSA) is 96.7 Å². The molecule has 1 saturated carbocycles. The minimum Gasteiger partial charge on any atom is -0.476 e. The molecule has 2 heterocycles. The van der Waals surface area contributed by atoms with E-state index in [4.69, 9.17) is 9.47 Å². The van der Waals surface area contributed by atoms with Crippen molar-refractivity contribution in [3.05, 3.63) is 18.6 Å². The molecule has 2 unspecified atom stereocenters. The molecule has 3 N–H and O–H groups in total. The fraction of sp³-hybridized carbons (Fsp3) is 0.750. The van der Waals surface area contributed by atoms with E-state index in [9.17, 15) is 10.2 Å². The number of aliphatic hydroxyl groups is 2. The molecule has 2 aliphatic rings. The minimum absolute atomic E-state index is 0.297. The van der Waals surface area contributed by atoms with E-state index in [1.54, 1.807) is 18.6 Å². The van der Waals surface area contributed by atoms with Gasteiger partial charge >= 0.3 is 0 Å². The molecule has 0 spiro atoms. The lowest BCUT2D eigenvalue weighted by atomic mass is 9.86. The fourth-order valence-corrected chi connectivity index (χ4v) is 3.41. The van der Waals surface area contributed by atoms with Gasteiger partial charge in [0.15, 0.2) is 0 Å². The number of aliphatic hydroxyl groups excluding tert-OH is 2. The van der Waals surface area contributed by atoms with Crippen LogP contribution >= 0.6 is 0 Å². The molecule has 1 aliphatic carbocycles. The standard InChI is InChI=1S/C16H25N3O4/c20-13-7-16(8-14(13)21,10-19-12-1-5-22-6-2-12)11-23-15-9-17-3-4-18-15/h3-4,9,12-14,19-21H,1-2,5-8,10-11H2. The van der Waals surface area contributed by atoms with Gasteiger partial charge in [-0.2, -0.15) is 0 Å². The fourth-order valence-electron chi connectivity index (χ4n) is 3.41. The molecule has 1 aromatic heterocycles. The summed E-state index contributed by atoms with van der Waals surface area (Å²) in [7, 11) is 0. The van der Waals surface area contributed by atoms with Gasteiger partial charge in [0.25, 0.3) is 0 Å². The second-order valence-electron chi connectivity index (χ2n) is 6.64. The second kappa shape index (κ2) is 7.53. The lowest BCUT2D eigenvalue weighted by molar-refractivity contribution is 0.0438. The van der Waals surface area contributed by atoms with E-state index < -0.39 is 12.2 Å². The van der Waals surface area contributed by atoms with Crippen molar-refractivity contribution in [3.8, 4) is 5.88 Å². The summed E-state index contributed by atoms with van der Waals surface area (Å²) in [5.74, 6) is 0.467. The molecular formula is C16H25N3O4. The monoisotopic (exact) mass is 323 g/mol. The number of hydrogen-bond donors (Lipinski definition) is 3. The maximum absolute atomic E-state index is 9.99. The smallest absolute Gasteiger partial charge is 0.232 e. The van der Waals surface area contributed by atoms with Gasteiger partial charge in [0, 0.05) is 43.6 Å². The van der Waals surface area contributed by atoms with Gasteiger partial charge in [-0.1, -0.05) is 0 Å². The van der Waals surface area contributed by atoms with Crippen LogP contribution in [-0.2, 0) is 4.74 Å². The van der Waals surface area contributed by atoms with Crippen LogP contribution in [-0.4, -0.2) is 64.8 Å². The van der Waals surface area contributed by atoms with E-state index >= 15 is 0 Å². The third kappa shape index (κ3) is 4.38. The lowest BCUT2D eigenvalue weighted by Crippen LogP contribution is -2.44. The molecule has 0 amide bonds. The molecule has 1 aliphatic heterocycles. The third-order valence-corrected chi connectivity index (χ3v) is 4.78. The normalized spacial score (nSPS) is 32.1. The molecule has 0 aromatic carbocycles. The van der Waals surface area contributed by atoms with Crippen LogP contribution in [0.25, 0.3) is 0 Å². The Labute approximate surface area is 136 Å². The first-order valence-electron chi connectivity index (χ1n) is 8.23. The van der Waals surface area contributed by atoms with Gasteiger partial charge in [0.05, 0.1) is 25.0 Å². The Hall–Kier alpha value is -1.28. The highest BCUT2D eigenvalue weighted by molar-refractivity contribution is 5.04. The van der Waals surface area contributed by atoms with Crippen LogP contribution in [0, 0.1) is 5.41 Å². The highest BCUT2D eigenvalue weighted by Gasteiger charge is 2.45. The van der Waals surface area contributed by atoms with Crippen molar-refractivity contribution >= 4 is 0 Å². The zero-order valence-electron chi connectivity index (χ0n) is 13.2. The van der Waals surface area contributed by atoms with Crippen molar-refractivity contribution in [3.63, 3.8) is 0 Å². The number of ether oxygens (including phenoxy) is 2. The van der Waals surface area contributed by atoms with Gasteiger partial charge < -0.3 is 25.0 Å². The van der Waals surface area contributed by atoms with Crippen molar-refractivity contribution < 1.29 is 19.7 Å². The van der Waals surface area contributed by atoms with Gasteiger partial charge in [-0.15, -0.1) is 0 Å². The zero-order chi connectivity index (χ0) is 16.1. The first kappa shape index (κ1) is 16.6. The quantitative estimate of drug-likeness (QED) is 0.684. The predicted molar refractivity (Wildman–Crippen MR) is 83.1 cm³/mol. The van der Waals surface area contributed by atoms with Crippen molar-refractivity contribution in [1.82, 2.24) is 15.3 Å². The van der Waals surface area contributed by atoms with E-state index in [1.807, 2.05) is 0 Å². The maximum atomic E-state index is 9.99. The minimum atomic E-state index is -0.697. The summed E-state index contributed by atoms with van der Waals surface area (Å²) >= 11 is 0. The van der Waals surface area contributed by atoms with Crippen molar-refractivity contribution in [2.24, 2.45) is 5.41 Å². The van der Waals surface area contributed by atoms with Crippen molar-refractivity contribution in [2.45, 2.75) is 43.9 Å². The number of nitrogens with zero attached hydrogens (tertiary/aromatic N) is 2. The zero-order valence-corrected chi connectivity index (χ0v) is 13.2. The summed E-state index contributed by atoms with van der Waals surface area (Å²) in [6.07, 6.45) is 6.38. The molecular weight excluding hydrogens is 298 g/mol.